The number of hydrogen-bond acceptors (Lipinski definition) is 3. The first kappa shape index (κ1) is 15.3. The van der Waals surface area contributed by atoms with Gasteiger partial charge >= 0.3 is 6.18 Å². The van der Waals surface area contributed by atoms with Crippen LogP contribution in [0.1, 0.15) is 11.3 Å². The molecule has 0 amide bonds. The molecule has 114 valence electrons. The van der Waals surface area contributed by atoms with Crippen molar-refractivity contribution in [2.24, 2.45) is 5.10 Å². The summed E-state index contributed by atoms with van der Waals surface area (Å²) in [6.45, 7) is 0.868. The highest BCUT2D eigenvalue weighted by atomic mass is 35.5. The molecule has 1 aromatic rings. The Morgan fingerprint density at radius 2 is 2.29 bits per heavy atom. The van der Waals surface area contributed by atoms with Crippen LogP contribution in [-0.2, 0) is 12.7 Å². The van der Waals surface area contributed by atoms with Crippen molar-refractivity contribution in [2.45, 2.75) is 12.7 Å². The van der Waals surface area contributed by atoms with Gasteiger partial charge in [0, 0.05) is 19.3 Å². The predicted octanol–water partition coefficient (Wildman–Crippen LogP) is 1.71. The molecule has 2 rings (SSSR count). The average molecular weight is 324 g/mol. The average Bonchev–Trinajstić information content (AvgIpc) is 2.77. The largest absolute Gasteiger partial charge is 0.417 e. The molecule has 1 fully saturated rings. The minimum atomic E-state index is -4.53. The molecule has 0 aliphatic carbocycles. The zero-order valence-corrected chi connectivity index (χ0v) is 11.1. The number of guanidine groups is 1. The fourth-order valence-electron chi connectivity index (χ4n) is 1.77. The second kappa shape index (κ2) is 5.72. The van der Waals surface area contributed by atoms with E-state index in [4.69, 9.17) is 11.6 Å². The van der Waals surface area contributed by atoms with Gasteiger partial charge in [0.05, 0.1) is 22.8 Å². The van der Waals surface area contributed by atoms with Crippen molar-refractivity contribution < 1.29 is 18.2 Å². The molecule has 11 heteroatoms. The molecule has 0 radical (unpaired) electrons. The minimum absolute atomic E-state index is 0.0244. The number of alkyl halides is 3. The normalized spacial score (nSPS) is 17.1. The van der Waals surface area contributed by atoms with Crippen molar-refractivity contribution in [1.82, 2.24) is 15.2 Å². The van der Waals surface area contributed by atoms with Crippen LogP contribution in [-0.4, -0.2) is 34.0 Å². The van der Waals surface area contributed by atoms with E-state index in [2.05, 4.69) is 15.4 Å². The number of pyridine rings is 1. The number of aromatic nitrogens is 1. The lowest BCUT2D eigenvalue weighted by Crippen LogP contribution is -2.31. The van der Waals surface area contributed by atoms with E-state index in [-0.39, 0.29) is 23.2 Å². The number of nitrogens with zero attached hydrogens (tertiary/aromatic N) is 4. The van der Waals surface area contributed by atoms with Crippen molar-refractivity contribution in [1.29, 1.82) is 0 Å². The van der Waals surface area contributed by atoms with Crippen LogP contribution in [0.2, 0.25) is 5.02 Å². The minimum Gasteiger partial charge on any atom is -0.349 e. The molecule has 1 aliphatic heterocycles. The number of hydrogen-bond donors (Lipinski definition) is 1. The third-order valence-electron chi connectivity index (χ3n) is 2.73. The van der Waals surface area contributed by atoms with E-state index in [1.807, 2.05) is 0 Å². The summed E-state index contributed by atoms with van der Waals surface area (Å²) < 4.78 is 37.5. The second-order valence-electron chi connectivity index (χ2n) is 4.16. The van der Waals surface area contributed by atoms with Crippen LogP contribution in [0.15, 0.2) is 17.4 Å². The number of nitrogens with one attached hydrogen (secondary N) is 1. The first-order valence-corrected chi connectivity index (χ1v) is 6.08. The third kappa shape index (κ3) is 3.72. The molecular weight excluding hydrogens is 315 g/mol. The summed E-state index contributed by atoms with van der Waals surface area (Å²) in [6.07, 6.45) is -3.85. The van der Waals surface area contributed by atoms with Gasteiger partial charge in [0.1, 0.15) is 5.10 Å². The van der Waals surface area contributed by atoms with Crippen molar-refractivity contribution >= 4 is 17.6 Å². The molecule has 0 bridgehead atoms. The van der Waals surface area contributed by atoms with E-state index in [0.717, 1.165) is 6.07 Å². The Labute approximate surface area is 121 Å². The molecule has 21 heavy (non-hydrogen) atoms. The molecule has 1 saturated heterocycles. The second-order valence-corrected chi connectivity index (χ2v) is 4.57. The highest BCUT2D eigenvalue weighted by Gasteiger charge is 2.32. The van der Waals surface area contributed by atoms with Gasteiger partial charge in [-0.15, -0.1) is 0 Å². The maximum Gasteiger partial charge on any atom is 0.417 e. The maximum absolute atomic E-state index is 12.5. The van der Waals surface area contributed by atoms with Gasteiger partial charge in [-0.05, 0) is 6.07 Å². The molecule has 0 spiro atoms. The molecular formula is C10H9ClF3N5O2. The summed E-state index contributed by atoms with van der Waals surface area (Å²) in [4.78, 5) is 15.5. The number of hydrazone groups is 1. The summed E-state index contributed by atoms with van der Waals surface area (Å²) in [6, 6.07) is 0.776. The predicted molar refractivity (Wildman–Crippen MR) is 67.1 cm³/mol. The Morgan fingerprint density at radius 3 is 2.86 bits per heavy atom. The van der Waals surface area contributed by atoms with Crippen LogP contribution in [0.4, 0.5) is 13.2 Å². The number of halogens is 4. The van der Waals surface area contributed by atoms with Crippen molar-refractivity contribution in [2.75, 3.05) is 13.1 Å². The SMILES string of the molecule is O=[N+]([O-])/N=C1\NCCN1Cc1ncc(C(F)(F)F)cc1Cl. The molecule has 7 nitrogen and oxygen atoms in total. The Morgan fingerprint density at radius 1 is 1.57 bits per heavy atom. The van der Waals surface area contributed by atoms with E-state index in [0.29, 0.717) is 19.3 Å². The zero-order valence-electron chi connectivity index (χ0n) is 10.4. The Hall–Kier alpha value is -2.10. The van der Waals surface area contributed by atoms with Crippen LogP contribution in [0.5, 0.6) is 0 Å². The van der Waals surface area contributed by atoms with Crippen molar-refractivity contribution in [3.63, 3.8) is 0 Å². The summed E-state index contributed by atoms with van der Waals surface area (Å²) >= 11 is 5.78. The lowest BCUT2D eigenvalue weighted by Gasteiger charge is -2.16. The van der Waals surface area contributed by atoms with E-state index in [1.165, 1.54) is 4.90 Å². The first-order valence-electron chi connectivity index (χ1n) is 5.71. The summed E-state index contributed by atoms with van der Waals surface area (Å²) in [5.41, 5.74) is -0.764. The van der Waals surface area contributed by atoms with Crippen molar-refractivity contribution in [3.05, 3.63) is 38.7 Å². The van der Waals surface area contributed by atoms with Gasteiger partial charge in [0.15, 0.2) is 5.03 Å². The summed E-state index contributed by atoms with van der Waals surface area (Å²) in [5, 5.41) is 15.2. The topological polar surface area (TPSA) is 83.7 Å². The van der Waals surface area contributed by atoms with Gasteiger partial charge in [-0.1, -0.05) is 11.6 Å². The summed E-state index contributed by atoms with van der Waals surface area (Å²) in [5.74, 6) is 0.0257. The lowest BCUT2D eigenvalue weighted by molar-refractivity contribution is -0.485. The van der Waals surface area contributed by atoms with Gasteiger partial charge in [-0.2, -0.15) is 13.2 Å². The van der Waals surface area contributed by atoms with E-state index in [9.17, 15) is 23.3 Å². The van der Waals surface area contributed by atoms with E-state index in [1.54, 1.807) is 0 Å². The van der Waals surface area contributed by atoms with E-state index >= 15 is 0 Å². The molecule has 1 aromatic heterocycles. The maximum atomic E-state index is 12.5. The first-order chi connectivity index (χ1) is 9.77. The molecule has 1 aliphatic rings. The van der Waals surface area contributed by atoms with Crippen LogP contribution in [0.25, 0.3) is 0 Å². The lowest BCUT2D eigenvalue weighted by atomic mass is 10.2. The van der Waals surface area contributed by atoms with Gasteiger partial charge in [-0.3, -0.25) is 4.98 Å². The molecule has 0 aromatic carbocycles. The molecule has 1 N–H and O–H groups in total. The standard InChI is InChI=1S/C10H9ClF3N5O2/c11-7-3-6(10(12,13)14)4-16-8(7)5-18-2-1-15-9(18)17-19(20)21/h3-4H,1-2,5H2,(H,15,17). The third-order valence-corrected chi connectivity index (χ3v) is 3.05. The van der Waals surface area contributed by atoms with Gasteiger partial charge in [-0.25, -0.2) is 10.1 Å². The quantitative estimate of drug-likeness (QED) is 0.676. The van der Waals surface area contributed by atoms with Crippen molar-refractivity contribution in [3.8, 4) is 0 Å². The molecule has 0 atom stereocenters. The molecule has 0 unspecified atom stereocenters. The highest BCUT2D eigenvalue weighted by Crippen LogP contribution is 2.31. The van der Waals surface area contributed by atoms with Crippen LogP contribution < -0.4 is 5.32 Å². The van der Waals surface area contributed by atoms with E-state index < -0.39 is 16.8 Å². The fourth-order valence-corrected chi connectivity index (χ4v) is 1.99. The van der Waals surface area contributed by atoms with Crippen LogP contribution >= 0.6 is 11.6 Å². The molecule has 2 heterocycles. The fraction of sp³-hybridized carbons (Fsp3) is 0.400. The zero-order chi connectivity index (χ0) is 15.6. The highest BCUT2D eigenvalue weighted by molar-refractivity contribution is 6.31. The summed E-state index contributed by atoms with van der Waals surface area (Å²) in [7, 11) is 0. The Bertz CT molecular complexity index is 593. The van der Waals surface area contributed by atoms with Gasteiger partial charge < -0.3 is 10.2 Å². The number of rotatable bonds is 3. The number of nitro groups is 1. The van der Waals surface area contributed by atoms with Crippen LogP contribution in [0.3, 0.4) is 0 Å². The Kier molecular flexibility index (Phi) is 4.16. The monoisotopic (exact) mass is 323 g/mol. The molecule has 0 saturated carbocycles. The van der Waals surface area contributed by atoms with Crippen LogP contribution in [0, 0.1) is 10.1 Å². The Balaban J connectivity index is 2.18. The smallest absolute Gasteiger partial charge is 0.349 e. The van der Waals surface area contributed by atoms with Gasteiger partial charge in [0.25, 0.3) is 5.96 Å². The van der Waals surface area contributed by atoms with Gasteiger partial charge in [0.2, 0.25) is 0 Å².